The molecule has 18 heavy (non-hydrogen) atoms. The number of carbonyl (C=O) groups is 1. The molecule has 1 rings (SSSR count). The Hall–Kier alpha value is -1.50. The molecule has 0 heterocycles. The number of rotatable bonds is 5. The van der Waals surface area contributed by atoms with Crippen LogP contribution in [0.2, 0.25) is 0 Å². The molecule has 1 fully saturated rings. The molecule has 0 aromatic rings. The Morgan fingerprint density at radius 2 is 2.17 bits per heavy atom. The lowest BCUT2D eigenvalue weighted by molar-refractivity contribution is -0.117. The first-order chi connectivity index (χ1) is 8.69. The van der Waals surface area contributed by atoms with Gasteiger partial charge in [0.15, 0.2) is 0 Å². The van der Waals surface area contributed by atoms with E-state index < -0.39 is 0 Å². The lowest BCUT2D eigenvalue weighted by Crippen LogP contribution is -2.35. The van der Waals surface area contributed by atoms with Crippen LogP contribution in [0.25, 0.3) is 0 Å². The molecule has 2 N–H and O–H groups in total. The number of hydrogen-bond donors (Lipinski definition) is 2. The molecule has 0 saturated heterocycles. The average Bonchev–Trinajstić information content (AvgIpc) is 2.39. The number of carbonyl (C=O) groups excluding carboxylic acids is 1. The Balaban J connectivity index is 2.51. The molecule has 0 bridgehead atoms. The first-order valence-corrected chi connectivity index (χ1v) is 6.83. The van der Waals surface area contributed by atoms with Crippen molar-refractivity contribution in [1.82, 2.24) is 10.6 Å². The zero-order valence-electron chi connectivity index (χ0n) is 11.3. The van der Waals surface area contributed by atoms with Crippen LogP contribution >= 0.6 is 0 Å². The van der Waals surface area contributed by atoms with Crippen molar-refractivity contribution in [3.8, 4) is 6.07 Å². The number of nitrogens with one attached hydrogen (secondary N) is 2. The van der Waals surface area contributed by atoms with E-state index in [4.69, 9.17) is 5.26 Å². The lowest BCUT2D eigenvalue weighted by atomic mass is 9.86. The smallest absolute Gasteiger partial charge is 0.263 e. The fraction of sp³-hybridized carbons (Fsp3) is 0.714. The summed E-state index contributed by atoms with van der Waals surface area (Å²) in [5.41, 5.74) is 0.168. The second kappa shape index (κ2) is 7.75. The quantitative estimate of drug-likeness (QED) is 0.579. The predicted octanol–water partition coefficient (Wildman–Crippen LogP) is 2.09. The Morgan fingerprint density at radius 3 is 2.78 bits per heavy atom. The first-order valence-electron chi connectivity index (χ1n) is 6.83. The summed E-state index contributed by atoms with van der Waals surface area (Å²) in [5.74, 6) is 0.323. The number of nitriles is 1. The molecule has 0 aromatic carbocycles. The normalized spacial score (nSPS) is 24.2. The standard InChI is InChI=1S/C14H23N3O/c1-3-8-16-14(18)12(9-15)10-17-13-7-5-4-6-11(13)2/h10-11,13,17H,3-8H2,1-2H3,(H,16,18)/b12-10-. The van der Waals surface area contributed by atoms with Crippen LogP contribution in [-0.4, -0.2) is 18.5 Å². The van der Waals surface area contributed by atoms with E-state index in [1.165, 1.54) is 19.3 Å². The van der Waals surface area contributed by atoms with E-state index in [9.17, 15) is 4.79 Å². The predicted molar refractivity (Wildman–Crippen MR) is 71.6 cm³/mol. The summed E-state index contributed by atoms with van der Waals surface area (Å²) < 4.78 is 0. The second-order valence-electron chi connectivity index (χ2n) is 4.96. The molecular weight excluding hydrogens is 226 g/mol. The average molecular weight is 249 g/mol. The minimum Gasteiger partial charge on any atom is -0.387 e. The Kier molecular flexibility index (Phi) is 6.27. The summed E-state index contributed by atoms with van der Waals surface area (Å²) in [6.07, 6.45) is 7.29. The number of amides is 1. The third-order valence-electron chi connectivity index (χ3n) is 3.45. The van der Waals surface area contributed by atoms with Gasteiger partial charge in [-0.2, -0.15) is 5.26 Å². The topological polar surface area (TPSA) is 64.9 Å². The van der Waals surface area contributed by atoms with Gasteiger partial charge in [0.05, 0.1) is 0 Å². The van der Waals surface area contributed by atoms with Gasteiger partial charge in [-0.15, -0.1) is 0 Å². The summed E-state index contributed by atoms with van der Waals surface area (Å²) in [7, 11) is 0. The highest BCUT2D eigenvalue weighted by molar-refractivity contribution is 5.97. The van der Waals surface area contributed by atoms with Crippen molar-refractivity contribution in [3.05, 3.63) is 11.8 Å². The van der Waals surface area contributed by atoms with Crippen molar-refractivity contribution in [2.75, 3.05) is 6.54 Å². The Morgan fingerprint density at radius 1 is 1.44 bits per heavy atom. The van der Waals surface area contributed by atoms with Gasteiger partial charge in [-0.1, -0.05) is 26.7 Å². The van der Waals surface area contributed by atoms with Gasteiger partial charge in [-0.3, -0.25) is 4.79 Å². The summed E-state index contributed by atoms with van der Waals surface area (Å²) in [6, 6.07) is 2.34. The molecule has 4 heteroatoms. The molecule has 4 nitrogen and oxygen atoms in total. The molecule has 1 amide bonds. The van der Waals surface area contributed by atoms with Gasteiger partial charge >= 0.3 is 0 Å². The van der Waals surface area contributed by atoms with Gasteiger partial charge in [0.2, 0.25) is 0 Å². The van der Waals surface area contributed by atoms with Crippen molar-refractivity contribution in [1.29, 1.82) is 5.26 Å². The molecule has 2 unspecified atom stereocenters. The van der Waals surface area contributed by atoms with Gasteiger partial charge < -0.3 is 10.6 Å². The van der Waals surface area contributed by atoms with Crippen molar-refractivity contribution in [3.63, 3.8) is 0 Å². The van der Waals surface area contributed by atoms with E-state index >= 15 is 0 Å². The molecule has 100 valence electrons. The SMILES string of the molecule is CCCNC(=O)/C(C#N)=C\NC1CCCCC1C. The summed E-state index contributed by atoms with van der Waals surface area (Å²) in [4.78, 5) is 11.6. The van der Waals surface area contributed by atoms with E-state index in [0.717, 1.165) is 12.8 Å². The van der Waals surface area contributed by atoms with Crippen molar-refractivity contribution in [2.24, 2.45) is 5.92 Å². The van der Waals surface area contributed by atoms with Crippen molar-refractivity contribution < 1.29 is 4.79 Å². The molecule has 0 aromatic heterocycles. The van der Waals surface area contributed by atoms with E-state index in [1.54, 1.807) is 6.20 Å². The largest absolute Gasteiger partial charge is 0.387 e. The van der Waals surface area contributed by atoms with E-state index in [2.05, 4.69) is 17.6 Å². The van der Waals surface area contributed by atoms with Gasteiger partial charge in [-0.25, -0.2) is 0 Å². The molecule has 1 aliphatic carbocycles. The Bertz CT molecular complexity index is 343. The highest BCUT2D eigenvalue weighted by Gasteiger charge is 2.20. The second-order valence-corrected chi connectivity index (χ2v) is 4.96. The van der Waals surface area contributed by atoms with Crippen LogP contribution in [0.3, 0.4) is 0 Å². The highest BCUT2D eigenvalue weighted by Crippen LogP contribution is 2.23. The number of nitrogens with zero attached hydrogens (tertiary/aromatic N) is 1. The maximum atomic E-state index is 11.6. The number of hydrogen-bond acceptors (Lipinski definition) is 3. The van der Waals surface area contributed by atoms with Crippen LogP contribution in [0.5, 0.6) is 0 Å². The fourth-order valence-corrected chi connectivity index (χ4v) is 2.24. The van der Waals surface area contributed by atoms with Crippen LogP contribution in [0.4, 0.5) is 0 Å². The summed E-state index contributed by atoms with van der Waals surface area (Å²) >= 11 is 0. The zero-order chi connectivity index (χ0) is 13.4. The minimum atomic E-state index is -0.282. The third kappa shape index (κ3) is 4.40. The van der Waals surface area contributed by atoms with Crippen LogP contribution in [0.15, 0.2) is 11.8 Å². The molecule has 0 aliphatic heterocycles. The maximum absolute atomic E-state index is 11.6. The minimum absolute atomic E-state index is 0.168. The third-order valence-corrected chi connectivity index (χ3v) is 3.45. The molecule has 0 spiro atoms. The van der Waals surface area contributed by atoms with Crippen LogP contribution in [-0.2, 0) is 4.79 Å². The monoisotopic (exact) mass is 249 g/mol. The molecule has 0 radical (unpaired) electrons. The summed E-state index contributed by atoms with van der Waals surface area (Å²) in [5, 5.41) is 14.9. The van der Waals surface area contributed by atoms with Crippen molar-refractivity contribution in [2.45, 2.75) is 52.0 Å². The van der Waals surface area contributed by atoms with Crippen LogP contribution in [0.1, 0.15) is 46.0 Å². The van der Waals surface area contributed by atoms with E-state index in [-0.39, 0.29) is 11.5 Å². The zero-order valence-corrected chi connectivity index (χ0v) is 11.3. The van der Waals surface area contributed by atoms with E-state index in [0.29, 0.717) is 18.5 Å². The Labute approximate surface area is 109 Å². The van der Waals surface area contributed by atoms with Crippen LogP contribution in [0, 0.1) is 17.2 Å². The lowest BCUT2D eigenvalue weighted by Gasteiger charge is -2.29. The summed E-state index contributed by atoms with van der Waals surface area (Å²) in [6.45, 7) is 4.81. The highest BCUT2D eigenvalue weighted by atomic mass is 16.1. The fourth-order valence-electron chi connectivity index (χ4n) is 2.24. The maximum Gasteiger partial charge on any atom is 0.263 e. The van der Waals surface area contributed by atoms with E-state index in [1.807, 2.05) is 13.0 Å². The van der Waals surface area contributed by atoms with Gasteiger partial charge in [0, 0.05) is 18.8 Å². The molecule has 1 saturated carbocycles. The molecule has 2 atom stereocenters. The van der Waals surface area contributed by atoms with Crippen LogP contribution < -0.4 is 10.6 Å². The van der Waals surface area contributed by atoms with Gasteiger partial charge in [-0.05, 0) is 25.2 Å². The van der Waals surface area contributed by atoms with Gasteiger partial charge in [0.1, 0.15) is 11.6 Å². The first kappa shape index (κ1) is 14.6. The van der Waals surface area contributed by atoms with Gasteiger partial charge in [0.25, 0.3) is 5.91 Å². The van der Waals surface area contributed by atoms with Crippen molar-refractivity contribution >= 4 is 5.91 Å². The molecule has 1 aliphatic rings. The molecular formula is C14H23N3O.